The highest BCUT2D eigenvalue weighted by atomic mass is 16.3. The molecule has 6 nitrogen and oxygen atoms in total. The van der Waals surface area contributed by atoms with Gasteiger partial charge in [0.05, 0.1) is 5.56 Å². The first-order valence-corrected chi connectivity index (χ1v) is 16.4. The van der Waals surface area contributed by atoms with E-state index in [0.29, 0.717) is 17.5 Å². The topological polar surface area (TPSA) is 77.8 Å². The summed E-state index contributed by atoms with van der Waals surface area (Å²) in [5.74, 6) is 1.79. The number of oxazole rings is 1. The summed E-state index contributed by atoms with van der Waals surface area (Å²) in [4.78, 5) is 19.5. The number of furan rings is 1. The van der Waals surface area contributed by atoms with Crippen LogP contribution in [0.1, 0.15) is 25.0 Å². The maximum Gasteiger partial charge on any atom is 0.181 e. The third-order valence-corrected chi connectivity index (χ3v) is 9.89. The van der Waals surface area contributed by atoms with E-state index in [1.54, 1.807) is 0 Å². The molecule has 0 aliphatic heterocycles. The fraction of sp³-hybridized carbons (Fsp3) is 0.0698. The molecule has 49 heavy (non-hydrogen) atoms. The van der Waals surface area contributed by atoms with Gasteiger partial charge < -0.3 is 8.83 Å². The first-order chi connectivity index (χ1) is 24.0. The molecule has 232 valence electrons. The van der Waals surface area contributed by atoms with Gasteiger partial charge in [0.25, 0.3) is 0 Å². The van der Waals surface area contributed by atoms with Crippen LogP contribution in [0.4, 0.5) is 0 Å². The molecule has 6 heteroatoms. The van der Waals surface area contributed by atoms with Gasteiger partial charge in [0.15, 0.2) is 29.4 Å². The number of rotatable bonds is 4. The van der Waals surface area contributed by atoms with Gasteiger partial charge in [-0.3, -0.25) is 0 Å². The Bertz CT molecular complexity index is 2690. The van der Waals surface area contributed by atoms with Crippen molar-refractivity contribution >= 4 is 33.0 Å². The van der Waals surface area contributed by atoms with Gasteiger partial charge >= 0.3 is 0 Å². The second kappa shape index (κ2) is 10.3. The SMILES string of the molecule is CC1(C)c2ccc(-c3cccc4c3oc3c(-c5nc(-c6ccccc6)nc(-c6ccccc6)n5)cccc34)cc2-c2ccc3ocnc3c21. The number of para-hydroxylation sites is 2. The molecule has 0 spiro atoms. The van der Waals surface area contributed by atoms with Gasteiger partial charge in [-0.15, -0.1) is 0 Å². The molecule has 3 aromatic heterocycles. The Morgan fingerprint density at radius 1 is 0.510 bits per heavy atom. The first kappa shape index (κ1) is 27.7. The second-order valence-corrected chi connectivity index (χ2v) is 13.1. The summed E-state index contributed by atoms with van der Waals surface area (Å²) in [6.07, 6.45) is 1.54. The molecule has 0 saturated carbocycles. The fourth-order valence-electron chi connectivity index (χ4n) is 7.56. The minimum Gasteiger partial charge on any atom is -0.455 e. The van der Waals surface area contributed by atoms with Gasteiger partial charge in [0.2, 0.25) is 0 Å². The van der Waals surface area contributed by atoms with E-state index < -0.39 is 0 Å². The number of nitrogens with zero attached hydrogens (tertiary/aromatic N) is 4. The van der Waals surface area contributed by atoms with Crippen LogP contribution in [-0.2, 0) is 5.41 Å². The molecule has 0 fully saturated rings. The van der Waals surface area contributed by atoms with Crippen LogP contribution in [0.2, 0.25) is 0 Å². The van der Waals surface area contributed by atoms with Gasteiger partial charge in [0.1, 0.15) is 16.7 Å². The molecule has 0 atom stereocenters. The van der Waals surface area contributed by atoms with E-state index in [4.69, 9.17) is 23.8 Å². The van der Waals surface area contributed by atoms with Crippen molar-refractivity contribution in [2.24, 2.45) is 0 Å². The van der Waals surface area contributed by atoms with Crippen LogP contribution < -0.4 is 0 Å². The molecule has 1 aliphatic carbocycles. The highest BCUT2D eigenvalue weighted by molar-refractivity contribution is 6.13. The van der Waals surface area contributed by atoms with Crippen LogP contribution in [0.15, 0.2) is 143 Å². The van der Waals surface area contributed by atoms with E-state index >= 15 is 0 Å². The third kappa shape index (κ3) is 4.14. The molecule has 9 aromatic rings. The molecule has 0 unspecified atom stereocenters. The van der Waals surface area contributed by atoms with Crippen LogP contribution in [0, 0.1) is 0 Å². The average Bonchev–Trinajstić information content (AvgIpc) is 3.85. The highest BCUT2D eigenvalue weighted by Gasteiger charge is 2.38. The maximum atomic E-state index is 6.87. The van der Waals surface area contributed by atoms with E-state index in [1.165, 1.54) is 28.6 Å². The lowest BCUT2D eigenvalue weighted by atomic mass is 9.81. The molecule has 0 amide bonds. The summed E-state index contributed by atoms with van der Waals surface area (Å²) < 4.78 is 12.5. The van der Waals surface area contributed by atoms with Crippen molar-refractivity contribution in [3.8, 4) is 56.4 Å². The van der Waals surface area contributed by atoms with E-state index in [9.17, 15) is 0 Å². The summed E-state index contributed by atoms with van der Waals surface area (Å²) in [6.45, 7) is 4.53. The van der Waals surface area contributed by atoms with E-state index in [1.807, 2.05) is 78.9 Å². The van der Waals surface area contributed by atoms with Crippen molar-refractivity contribution in [3.05, 3.63) is 145 Å². The monoisotopic (exact) mass is 632 g/mol. The van der Waals surface area contributed by atoms with Gasteiger partial charge in [-0.2, -0.15) is 0 Å². The van der Waals surface area contributed by atoms with Crippen molar-refractivity contribution < 1.29 is 8.83 Å². The molecule has 0 saturated heterocycles. The average molecular weight is 633 g/mol. The maximum absolute atomic E-state index is 6.87. The minimum absolute atomic E-state index is 0.207. The van der Waals surface area contributed by atoms with Gasteiger partial charge in [-0.1, -0.05) is 123 Å². The Labute approximate surface area is 281 Å². The second-order valence-electron chi connectivity index (χ2n) is 13.1. The number of aromatic nitrogens is 4. The number of hydrogen-bond acceptors (Lipinski definition) is 6. The van der Waals surface area contributed by atoms with Crippen LogP contribution in [-0.4, -0.2) is 19.9 Å². The Balaban J connectivity index is 1.16. The van der Waals surface area contributed by atoms with E-state index in [2.05, 4.69) is 67.4 Å². The Kier molecular flexibility index (Phi) is 5.82. The third-order valence-electron chi connectivity index (χ3n) is 9.89. The van der Waals surface area contributed by atoms with E-state index in [-0.39, 0.29) is 5.41 Å². The highest BCUT2D eigenvalue weighted by Crippen LogP contribution is 2.52. The molecular weight excluding hydrogens is 604 g/mol. The molecule has 10 rings (SSSR count). The largest absolute Gasteiger partial charge is 0.455 e. The molecular formula is C43H28N4O2. The Morgan fingerprint density at radius 2 is 1.14 bits per heavy atom. The summed E-state index contributed by atoms with van der Waals surface area (Å²) >= 11 is 0. The zero-order valence-corrected chi connectivity index (χ0v) is 26.8. The predicted octanol–water partition coefficient (Wildman–Crippen LogP) is 10.9. The summed E-state index contributed by atoms with van der Waals surface area (Å²) in [7, 11) is 0. The lowest BCUT2D eigenvalue weighted by molar-refractivity contribution is 0.602. The molecule has 6 aromatic carbocycles. The summed E-state index contributed by atoms with van der Waals surface area (Å²) in [5.41, 5.74) is 12.8. The molecule has 3 heterocycles. The van der Waals surface area contributed by atoms with Gasteiger partial charge in [-0.25, -0.2) is 19.9 Å². The zero-order chi connectivity index (χ0) is 32.7. The lowest BCUT2D eigenvalue weighted by Crippen LogP contribution is -2.15. The van der Waals surface area contributed by atoms with Crippen molar-refractivity contribution in [1.29, 1.82) is 0 Å². The number of hydrogen-bond donors (Lipinski definition) is 0. The minimum atomic E-state index is -0.207. The Morgan fingerprint density at radius 3 is 1.84 bits per heavy atom. The lowest BCUT2D eigenvalue weighted by Gasteiger charge is -2.21. The smallest absolute Gasteiger partial charge is 0.181 e. The first-order valence-electron chi connectivity index (χ1n) is 16.4. The molecule has 0 N–H and O–H groups in total. The molecule has 0 bridgehead atoms. The van der Waals surface area contributed by atoms with Gasteiger partial charge in [-0.05, 0) is 46.0 Å². The normalized spacial score (nSPS) is 13.3. The van der Waals surface area contributed by atoms with Crippen LogP contribution in [0.5, 0.6) is 0 Å². The van der Waals surface area contributed by atoms with Gasteiger partial charge in [0, 0.05) is 32.9 Å². The molecule has 1 aliphatic rings. The standard InChI is InChI=1S/C43H28N4O2/c1-43(2)34-21-19-27(23-33(34)29-20-22-35-37(36(29)43)44-24-48-35)28-15-9-16-30-31-17-10-18-32(39(31)49-38(28)30)42-46-40(25-11-5-3-6-12-25)45-41(47-42)26-13-7-4-8-14-26/h3-24H,1-2H3. The number of fused-ring (bicyclic) bond motifs is 8. The quantitative estimate of drug-likeness (QED) is 0.192. The molecule has 0 radical (unpaired) electrons. The Hall–Kier alpha value is -6.40. The van der Waals surface area contributed by atoms with Crippen molar-refractivity contribution in [3.63, 3.8) is 0 Å². The van der Waals surface area contributed by atoms with Crippen molar-refractivity contribution in [2.45, 2.75) is 19.3 Å². The van der Waals surface area contributed by atoms with Crippen molar-refractivity contribution in [2.75, 3.05) is 0 Å². The number of benzene rings is 6. The van der Waals surface area contributed by atoms with E-state index in [0.717, 1.165) is 60.9 Å². The van der Waals surface area contributed by atoms with Crippen LogP contribution in [0.25, 0.3) is 89.5 Å². The van der Waals surface area contributed by atoms with Crippen molar-refractivity contribution in [1.82, 2.24) is 19.9 Å². The fourth-order valence-corrected chi connectivity index (χ4v) is 7.56. The summed E-state index contributed by atoms with van der Waals surface area (Å²) in [6, 6.07) is 43.5. The summed E-state index contributed by atoms with van der Waals surface area (Å²) in [5, 5.41) is 2.05. The predicted molar refractivity (Wildman–Crippen MR) is 194 cm³/mol. The van der Waals surface area contributed by atoms with Crippen LogP contribution in [0.3, 0.4) is 0 Å². The van der Waals surface area contributed by atoms with Crippen LogP contribution >= 0.6 is 0 Å². The zero-order valence-electron chi connectivity index (χ0n) is 26.8.